The van der Waals surface area contributed by atoms with Gasteiger partial charge in [-0.2, -0.15) is 5.10 Å². The smallest absolute Gasteiger partial charge is 0.271 e. The minimum absolute atomic E-state index is 0.0680. The molecule has 7 heteroatoms. The van der Waals surface area contributed by atoms with Crippen molar-refractivity contribution in [1.82, 2.24) is 15.1 Å². The van der Waals surface area contributed by atoms with Gasteiger partial charge in [0.25, 0.3) is 5.91 Å². The summed E-state index contributed by atoms with van der Waals surface area (Å²) in [6.45, 7) is 1.98. The number of carbonyl (C=O) groups is 1. The molecule has 1 aromatic carbocycles. The molecule has 0 aliphatic heterocycles. The molecule has 0 aliphatic carbocycles. The fraction of sp³-hybridized carbons (Fsp3) is 0.333. The van der Waals surface area contributed by atoms with Gasteiger partial charge in [-0.3, -0.25) is 4.79 Å². The van der Waals surface area contributed by atoms with Gasteiger partial charge in [0.2, 0.25) is 0 Å². The molecule has 0 spiro atoms. The van der Waals surface area contributed by atoms with Gasteiger partial charge in [-0.25, -0.2) is 9.07 Å². The van der Waals surface area contributed by atoms with Crippen LogP contribution in [0.15, 0.2) is 30.3 Å². The number of aliphatic hydroxyl groups is 1. The van der Waals surface area contributed by atoms with Crippen LogP contribution in [0, 0.1) is 12.7 Å². The summed E-state index contributed by atoms with van der Waals surface area (Å²) in [5.41, 5.74) is 1.44. The van der Waals surface area contributed by atoms with E-state index in [1.54, 1.807) is 25.1 Å². The third kappa shape index (κ3) is 3.90. The summed E-state index contributed by atoms with van der Waals surface area (Å²) in [7, 11) is 1.47. The number of aliphatic hydroxyl groups excluding tert-OH is 1. The molecule has 1 aromatic heterocycles. The molecule has 0 aliphatic rings. The highest BCUT2D eigenvalue weighted by molar-refractivity contribution is 5.92. The summed E-state index contributed by atoms with van der Waals surface area (Å²) in [5.74, 6) is -0.783. The fourth-order valence-electron chi connectivity index (χ4n) is 2.01. The van der Waals surface area contributed by atoms with Crippen molar-refractivity contribution >= 4 is 5.91 Å². The summed E-state index contributed by atoms with van der Waals surface area (Å²) >= 11 is 0. The van der Waals surface area contributed by atoms with Crippen LogP contribution in [-0.4, -0.2) is 47.2 Å². The zero-order chi connectivity index (χ0) is 16.1. The average Bonchev–Trinajstić information content (AvgIpc) is 2.87. The van der Waals surface area contributed by atoms with Gasteiger partial charge in [-0.05, 0) is 31.2 Å². The quantitative estimate of drug-likeness (QED) is 0.836. The summed E-state index contributed by atoms with van der Waals surface area (Å²) in [5, 5.41) is 16.2. The van der Waals surface area contributed by atoms with Crippen LogP contribution in [0.3, 0.4) is 0 Å². The summed E-state index contributed by atoms with van der Waals surface area (Å²) in [6, 6.07) is 7.56. The van der Waals surface area contributed by atoms with Crippen molar-refractivity contribution < 1.29 is 19.0 Å². The van der Waals surface area contributed by atoms with Crippen molar-refractivity contribution in [3.05, 3.63) is 47.5 Å². The van der Waals surface area contributed by atoms with Crippen molar-refractivity contribution in [3.8, 4) is 5.69 Å². The number of rotatable bonds is 6. The van der Waals surface area contributed by atoms with Crippen molar-refractivity contribution in [2.75, 3.05) is 20.3 Å². The van der Waals surface area contributed by atoms with Crippen molar-refractivity contribution in [1.29, 1.82) is 0 Å². The van der Waals surface area contributed by atoms with Crippen LogP contribution in [0.2, 0.25) is 0 Å². The van der Waals surface area contributed by atoms with E-state index in [2.05, 4.69) is 10.4 Å². The molecule has 1 unspecified atom stereocenters. The number of halogens is 1. The second-order valence-electron chi connectivity index (χ2n) is 4.88. The van der Waals surface area contributed by atoms with E-state index < -0.39 is 12.0 Å². The SMILES string of the molecule is COCC(O)CNC(=O)c1cc(C)n(-c2cccc(F)c2)n1. The van der Waals surface area contributed by atoms with Crippen LogP contribution in [-0.2, 0) is 4.74 Å². The molecule has 2 rings (SSSR count). The monoisotopic (exact) mass is 307 g/mol. The molecule has 22 heavy (non-hydrogen) atoms. The van der Waals surface area contributed by atoms with E-state index in [9.17, 15) is 14.3 Å². The van der Waals surface area contributed by atoms with Gasteiger partial charge in [0.05, 0.1) is 18.4 Å². The Kier molecular flexibility index (Phi) is 5.24. The zero-order valence-electron chi connectivity index (χ0n) is 12.4. The van der Waals surface area contributed by atoms with E-state index >= 15 is 0 Å². The second-order valence-corrected chi connectivity index (χ2v) is 4.88. The molecule has 1 atom stereocenters. The molecule has 0 radical (unpaired) electrons. The molecule has 2 N–H and O–H groups in total. The van der Waals surface area contributed by atoms with E-state index in [1.165, 1.54) is 23.9 Å². The summed E-state index contributed by atoms with van der Waals surface area (Å²) in [4.78, 5) is 12.0. The zero-order valence-corrected chi connectivity index (χ0v) is 12.4. The lowest BCUT2D eigenvalue weighted by Gasteiger charge is -2.09. The maximum absolute atomic E-state index is 13.3. The van der Waals surface area contributed by atoms with Gasteiger partial charge in [-0.15, -0.1) is 0 Å². The van der Waals surface area contributed by atoms with Gasteiger partial charge in [-0.1, -0.05) is 6.07 Å². The topological polar surface area (TPSA) is 76.4 Å². The first-order valence-electron chi connectivity index (χ1n) is 6.79. The molecular formula is C15H18FN3O3. The third-order valence-electron chi connectivity index (χ3n) is 3.03. The van der Waals surface area contributed by atoms with Crippen molar-refractivity contribution in [3.63, 3.8) is 0 Å². The number of ether oxygens (including phenoxy) is 1. The minimum Gasteiger partial charge on any atom is -0.389 e. The van der Waals surface area contributed by atoms with Crippen LogP contribution < -0.4 is 5.32 Å². The van der Waals surface area contributed by atoms with E-state index in [0.29, 0.717) is 11.4 Å². The molecule has 0 bridgehead atoms. The molecule has 0 fully saturated rings. The molecule has 1 amide bonds. The van der Waals surface area contributed by atoms with E-state index in [4.69, 9.17) is 4.74 Å². The average molecular weight is 307 g/mol. The summed E-state index contributed by atoms with van der Waals surface area (Å²) < 4.78 is 19.5. The summed E-state index contributed by atoms with van der Waals surface area (Å²) in [6.07, 6.45) is -0.777. The Bertz CT molecular complexity index is 657. The number of aromatic nitrogens is 2. The van der Waals surface area contributed by atoms with Crippen LogP contribution in [0.1, 0.15) is 16.2 Å². The number of nitrogens with zero attached hydrogens (tertiary/aromatic N) is 2. The molecule has 0 saturated carbocycles. The highest BCUT2D eigenvalue weighted by atomic mass is 19.1. The van der Waals surface area contributed by atoms with E-state index in [-0.39, 0.29) is 24.7 Å². The number of benzene rings is 1. The Hall–Kier alpha value is -2.25. The molecule has 118 valence electrons. The molecule has 0 saturated heterocycles. The Labute approximate surface area is 127 Å². The number of carbonyl (C=O) groups excluding carboxylic acids is 1. The first-order valence-corrected chi connectivity index (χ1v) is 6.79. The normalized spacial score (nSPS) is 12.2. The Morgan fingerprint density at radius 3 is 2.95 bits per heavy atom. The fourth-order valence-corrected chi connectivity index (χ4v) is 2.01. The highest BCUT2D eigenvalue weighted by Crippen LogP contribution is 2.13. The largest absolute Gasteiger partial charge is 0.389 e. The first-order chi connectivity index (χ1) is 10.5. The van der Waals surface area contributed by atoms with Gasteiger partial charge in [0.15, 0.2) is 5.69 Å². The number of nitrogens with one attached hydrogen (secondary N) is 1. The van der Waals surface area contributed by atoms with Crippen LogP contribution in [0.4, 0.5) is 4.39 Å². The van der Waals surface area contributed by atoms with Gasteiger partial charge >= 0.3 is 0 Å². The van der Waals surface area contributed by atoms with Crippen molar-refractivity contribution in [2.24, 2.45) is 0 Å². The van der Waals surface area contributed by atoms with Gasteiger partial charge in [0, 0.05) is 19.3 Å². The van der Waals surface area contributed by atoms with Crippen molar-refractivity contribution in [2.45, 2.75) is 13.0 Å². The first kappa shape index (κ1) is 16.1. The van der Waals surface area contributed by atoms with Gasteiger partial charge in [0.1, 0.15) is 5.82 Å². The Morgan fingerprint density at radius 2 is 2.27 bits per heavy atom. The van der Waals surface area contributed by atoms with Gasteiger partial charge < -0.3 is 15.2 Å². The number of methoxy groups -OCH3 is 1. The lowest BCUT2D eigenvalue weighted by molar-refractivity contribution is 0.0608. The standard InChI is InChI=1S/C15H18FN3O3/c1-10-6-14(15(21)17-8-13(20)9-22-2)18-19(10)12-5-3-4-11(16)7-12/h3-7,13,20H,8-9H2,1-2H3,(H,17,21). The maximum Gasteiger partial charge on any atom is 0.271 e. The molecular weight excluding hydrogens is 289 g/mol. The molecule has 2 aromatic rings. The number of hydrogen-bond acceptors (Lipinski definition) is 4. The Morgan fingerprint density at radius 1 is 1.50 bits per heavy atom. The maximum atomic E-state index is 13.3. The number of amides is 1. The lowest BCUT2D eigenvalue weighted by Crippen LogP contribution is -2.34. The Balaban J connectivity index is 2.11. The number of aryl methyl sites for hydroxylation is 1. The molecule has 6 nitrogen and oxygen atoms in total. The van der Waals surface area contributed by atoms with E-state index in [1.807, 2.05) is 0 Å². The van der Waals surface area contributed by atoms with Crippen LogP contribution in [0.25, 0.3) is 5.69 Å². The number of hydrogen-bond donors (Lipinski definition) is 2. The second kappa shape index (κ2) is 7.15. The van der Waals surface area contributed by atoms with E-state index in [0.717, 1.165) is 0 Å². The third-order valence-corrected chi connectivity index (χ3v) is 3.03. The van der Waals surface area contributed by atoms with Crippen LogP contribution in [0.5, 0.6) is 0 Å². The lowest BCUT2D eigenvalue weighted by atomic mass is 10.3. The highest BCUT2D eigenvalue weighted by Gasteiger charge is 2.14. The predicted octanol–water partition coefficient (Wildman–Crippen LogP) is 1.06. The minimum atomic E-state index is -0.777. The predicted molar refractivity (Wildman–Crippen MR) is 78.5 cm³/mol. The van der Waals surface area contributed by atoms with Crippen LogP contribution >= 0.6 is 0 Å². The molecule has 1 heterocycles.